The summed E-state index contributed by atoms with van der Waals surface area (Å²) in [6.45, 7) is 5.96. The van der Waals surface area contributed by atoms with Crippen molar-refractivity contribution in [1.29, 1.82) is 0 Å². The van der Waals surface area contributed by atoms with Gasteiger partial charge in [0.2, 0.25) is 0 Å². The van der Waals surface area contributed by atoms with Crippen molar-refractivity contribution in [2.24, 2.45) is 5.92 Å². The van der Waals surface area contributed by atoms with E-state index < -0.39 is 6.10 Å². The Morgan fingerprint density at radius 2 is 2.13 bits per heavy atom. The third kappa shape index (κ3) is 3.33. The maximum Gasteiger partial charge on any atom is 0.174 e. The van der Waals surface area contributed by atoms with E-state index in [9.17, 15) is 4.79 Å². The summed E-state index contributed by atoms with van der Waals surface area (Å²) in [5.74, 6) is 0.00881. The van der Waals surface area contributed by atoms with Crippen LogP contribution in [-0.4, -0.2) is 18.5 Å². The topological polar surface area (TPSA) is 26.3 Å². The highest BCUT2D eigenvalue weighted by Crippen LogP contribution is 2.17. The lowest BCUT2D eigenvalue weighted by molar-refractivity contribution is -0.121. The molecule has 15 heavy (non-hydrogen) atoms. The summed E-state index contributed by atoms with van der Waals surface area (Å²) in [5, 5.41) is 0. The van der Waals surface area contributed by atoms with Crippen LogP contribution in [0.1, 0.15) is 6.92 Å². The maximum absolute atomic E-state index is 11.7. The normalized spacial score (nSPS) is 27.4. The van der Waals surface area contributed by atoms with Crippen molar-refractivity contribution in [3.8, 4) is 0 Å². The van der Waals surface area contributed by atoms with Gasteiger partial charge >= 0.3 is 0 Å². The standard InChI is InChI=1S/C13H16O2/c1-3-5-7-8-11-10-15-12(13(11)14)9-6-4-2/h3-9,11-12H,2,10H2,1H3/b5-3+,8-7+,9-6+/t11-,12-/m0/s1. The molecule has 2 nitrogen and oxygen atoms in total. The Morgan fingerprint density at radius 1 is 1.33 bits per heavy atom. The van der Waals surface area contributed by atoms with E-state index in [1.807, 2.05) is 31.2 Å². The number of allylic oxidation sites excluding steroid dienone is 5. The Bertz CT molecular complexity index is 310. The highest BCUT2D eigenvalue weighted by molar-refractivity contribution is 5.90. The molecule has 0 amide bonds. The van der Waals surface area contributed by atoms with Gasteiger partial charge in [0.1, 0.15) is 6.10 Å². The molecule has 1 fully saturated rings. The molecule has 0 radical (unpaired) electrons. The highest BCUT2D eigenvalue weighted by Gasteiger charge is 2.31. The largest absolute Gasteiger partial charge is 0.365 e. The zero-order chi connectivity index (χ0) is 11.1. The van der Waals surface area contributed by atoms with Crippen molar-refractivity contribution in [2.45, 2.75) is 13.0 Å². The Hall–Kier alpha value is -1.41. The first-order valence-corrected chi connectivity index (χ1v) is 5.03. The average Bonchev–Trinajstić information content (AvgIpc) is 2.58. The first kappa shape index (κ1) is 11.7. The SMILES string of the molecule is C=C/C=C/[C@@H]1OC[C@H](/C=C/C=C/C)C1=O. The van der Waals surface area contributed by atoms with Gasteiger partial charge in [0.15, 0.2) is 5.78 Å². The Kier molecular flexibility index (Phi) is 4.78. The molecule has 0 aromatic heterocycles. The summed E-state index contributed by atoms with van der Waals surface area (Å²) in [7, 11) is 0. The van der Waals surface area contributed by atoms with Crippen LogP contribution < -0.4 is 0 Å². The highest BCUT2D eigenvalue weighted by atomic mass is 16.5. The first-order chi connectivity index (χ1) is 7.29. The van der Waals surface area contributed by atoms with Crippen molar-refractivity contribution in [1.82, 2.24) is 0 Å². The quantitative estimate of drug-likeness (QED) is 0.657. The van der Waals surface area contributed by atoms with Gasteiger partial charge in [0, 0.05) is 0 Å². The summed E-state index contributed by atoms with van der Waals surface area (Å²) < 4.78 is 5.35. The van der Waals surface area contributed by atoms with Crippen molar-refractivity contribution in [3.05, 3.63) is 49.1 Å². The average molecular weight is 204 g/mol. The monoisotopic (exact) mass is 204 g/mol. The minimum Gasteiger partial charge on any atom is -0.365 e. The van der Waals surface area contributed by atoms with Gasteiger partial charge in [-0.3, -0.25) is 4.79 Å². The fourth-order valence-electron chi connectivity index (χ4n) is 1.37. The Morgan fingerprint density at radius 3 is 2.80 bits per heavy atom. The predicted molar refractivity (Wildman–Crippen MR) is 61.5 cm³/mol. The molecule has 0 N–H and O–H groups in total. The number of carbonyl (C=O) groups excluding carboxylic acids is 1. The van der Waals surface area contributed by atoms with Gasteiger partial charge in [0.05, 0.1) is 12.5 Å². The zero-order valence-electron chi connectivity index (χ0n) is 8.93. The second kappa shape index (κ2) is 6.14. The molecule has 1 rings (SSSR count). The third-order valence-corrected chi connectivity index (χ3v) is 2.17. The Balaban J connectivity index is 2.56. The first-order valence-electron chi connectivity index (χ1n) is 5.03. The zero-order valence-corrected chi connectivity index (χ0v) is 8.93. The van der Waals surface area contributed by atoms with Crippen molar-refractivity contribution in [2.75, 3.05) is 6.61 Å². The van der Waals surface area contributed by atoms with Gasteiger partial charge in [-0.2, -0.15) is 0 Å². The van der Waals surface area contributed by atoms with Gasteiger partial charge < -0.3 is 4.74 Å². The van der Waals surface area contributed by atoms with E-state index >= 15 is 0 Å². The molecule has 0 aliphatic carbocycles. The summed E-state index contributed by atoms with van der Waals surface area (Å²) >= 11 is 0. The van der Waals surface area contributed by atoms with E-state index in [-0.39, 0.29) is 11.7 Å². The molecular formula is C13H16O2. The molecule has 2 atom stereocenters. The van der Waals surface area contributed by atoms with Gasteiger partial charge in [0.25, 0.3) is 0 Å². The molecule has 1 saturated heterocycles. The predicted octanol–water partition coefficient (Wildman–Crippen LogP) is 2.45. The maximum atomic E-state index is 11.7. The number of hydrogen-bond donors (Lipinski definition) is 0. The van der Waals surface area contributed by atoms with Gasteiger partial charge in [-0.25, -0.2) is 0 Å². The molecule has 0 unspecified atom stereocenters. The molecule has 1 aliphatic rings. The van der Waals surface area contributed by atoms with E-state index in [1.54, 1.807) is 18.2 Å². The minimum absolute atomic E-state index is 0.110. The molecule has 1 aliphatic heterocycles. The lowest BCUT2D eigenvalue weighted by Crippen LogP contribution is -2.16. The molecule has 80 valence electrons. The fraction of sp³-hybridized carbons (Fsp3) is 0.308. The molecule has 0 bridgehead atoms. The van der Waals surface area contributed by atoms with Gasteiger partial charge in [-0.05, 0) is 13.0 Å². The summed E-state index contributed by atoms with van der Waals surface area (Å²) in [5.41, 5.74) is 0. The summed E-state index contributed by atoms with van der Waals surface area (Å²) in [6, 6.07) is 0. The second-order valence-corrected chi connectivity index (χ2v) is 3.29. The number of ether oxygens (including phenoxy) is 1. The lowest BCUT2D eigenvalue weighted by Gasteiger charge is -1.99. The summed E-state index contributed by atoms with van der Waals surface area (Å²) in [4.78, 5) is 11.7. The van der Waals surface area contributed by atoms with Crippen LogP contribution in [0, 0.1) is 5.92 Å². The van der Waals surface area contributed by atoms with Crippen LogP contribution in [0.3, 0.4) is 0 Å². The number of ketones is 1. The second-order valence-electron chi connectivity index (χ2n) is 3.29. The van der Waals surface area contributed by atoms with E-state index in [0.29, 0.717) is 6.61 Å². The van der Waals surface area contributed by atoms with Crippen LogP contribution in [0.15, 0.2) is 49.1 Å². The number of rotatable bonds is 4. The smallest absolute Gasteiger partial charge is 0.174 e. The van der Waals surface area contributed by atoms with Crippen LogP contribution >= 0.6 is 0 Å². The van der Waals surface area contributed by atoms with Crippen molar-refractivity contribution < 1.29 is 9.53 Å². The van der Waals surface area contributed by atoms with Gasteiger partial charge in [-0.15, -0.1) is 0 Å². The van der Waals surface area contributed by atoms with E-state index in [1.165, 1.54) is 0 Å². The molecule has 1 heterocycles. The van der Waals surface area contributed by atoms with Gasteiger partial charge in [-0.1, -0.05) is 43.0 Å². The molecule has 0 spiro atoms. The van der Waals surface area contributed by atoms with Crippen LogP contribution in [0.2, 0.25) is 0 Å². The molecule has 2 heteroatoms. The summed E-state index contributed by atoms with van der Waals surface area (Å²) in [6.07, 6.45) is 12.3. The third-order valence-electron chi connectivity index (χ3n) is 2.17. The number of hydrogen-bond acceptors (Lipinski definition) is 2. The number of carbonyl (C=O) groups is 1. The van der Waals surface area contributed by atoms with E-state index in [4.69, 9.17) is 4.74 Å². The minimum atomic E-state index is -0.400. The molecule has 0 aromatic rings. The molecule has 0 aromatic carbocycles. The van der Waals surface area contributed by atoms with Crippen LogP contribution in [0.5, 0.6) is 0 Å². The van der Waals surface area contributed by atoms with Crippen LogP contribution in [0.4, 0.5) is 0 Å². The van der Waals surface area contributed by atoms with Crippen LogP contribution in [-0.2, 0) is 9.53 Å². The number of Topliss-reactive ketones (excluding diaryl/α,β-unsaturated/α-hetero) is 1. The Labute approximate surface area is 90.6 Å². The van der Waals surface area contributed by atoms with E-state index in [0.717, 1.165) is 0 Å². The lowest BCUT2D eigenvalue weighted by atomic mass is 10.0. The van der Waals surface area contributed by atoms with Crippen molar-refractivity contribution >= 4 is 5.78 Å². The molecule has 0 saturated carbocycles. The fourth-order valence-corrected chi connectivity index (χ4v) is 1.37. The van der Waals surface area contributed by atoms with E-state index in [2.05, 4.69) is 6.58 Å². The van der Waals surface area contributed by atoms with Crippen molar-refractivity contribution in [3.63, 3.8) is 0 Å². The van der Waals surface area contributed by atoms with Crippen LogP contribution in [0.25, 0.3) is 0 Å². The molecular weight excluding hydrogens is 188 g/mol.